The van der Waals surface area contributed by atoms with Gasteiger partial charge in [0.2, 0.25) is 0 Å². The highest BCUT2D eigenvalue weighted by molar-refractivity contribution is 7.90. The molecule has 0 aliphatic heterocycles. The highest BCUT2D eigenvalue weighted by Gasteiger charge is 2.17. The Morgan fingerprint density at radius 2 is 1.58 bits per heavy atom. The number of hydrogen-bond donors (Lipinski definition) is 0. The van der Waals surface area contributed by atoms with E-state index in [4.69, 9.17) is 0 Å². The molecule has 3 rings (SSSR count). The molecule has 0 bridgehead atoms. The highest BCUT2D eigenvalue weighted by atomic mass is 32.2. The van der Waals surface area contributed by atoms with Crippen LogP contribution in [-0.4, -0.2) is 37.5 Å². The molecule has 26 heavy (non-hydrogen) atoms. The van der Waals surface area contributed by atoms with E-state index in [1.165, 1.54) is 5.56 Å². The van der Waals surface area contributed by atoms with Crippen LogP contribution in [0.4, 0.5) is 0 Å². The first-order valence-corrected chi connectivity index (χ1v) is 10.8. The molecule has 0 amide bonds. The fraction of sp³-hybridized carbons (Fsp3) is 0.333. The number of likely N-dealkylation sites (N-methyl/N-ethyl adjacent to an activating group) is 1. The van der Waals surface area contributed by atoms with Gasteiger partial charge in [-0.25, -0.2) is 8.42 Å². The summed E-state index contributed by atoms with van der Waals surface area (Å²) in [5.41, 5.74) is 2.18. The summed E-state index contributed by atoms with van der Waals surface area (Å²) < 4.78 is 27.4. The van der Waals surface area contributed by atoms with Gasteiger partial charge in [0.15, 0.2) is 9.84 Å². The zero-order chi connectivity index (χ0) is 18.6. The molecule has 5 heteroatoms. The first-order chi connectivity index (χ1) is 12.5. The van der Waals surface area contributed by atoms with E-state index in [1.807, 2.05) is 35.0 Å². The fourth-order valence-corrected chi connectivity index (χ4v) is 4.63. The molecule has 0 aliphatic carbocycles. The average Bonchev–Trinajstić information content (AvgIpc) is 3.01. The van der Waals surface area contributed by atoms with Gasteiger partial charge in [0, 0.05) is 23.6 Å². The molecule has 0 saturated heterocycles. The van der Waals surface area contributed by atoms with Crippen molar-refractivity contribution < 1.29 is 8.42 Å². The normalized spacial score (nSPS) is 12.1. The maximum Gasteiger partial charge on any atom is 0.196 e. The van der Waals surface area contributed by atoms with Gasteiger partial charge in [-0.15, -0.1) is 0 Å². The predicted molar refractivity (Wildman–Crippen MR) is 107 cm³/mol. The number of benzene rings is 2. The minimum Gasteiger partial charge on any atom is -0.332 e. The molecule has 0 fully saturated rings. The summed E-state index contributed by atoms with van der Waals surface area (Å²) in [5, 5.41) is 1.14. The highest BCUT2D eigenvalue weighted by Crippen LogP contribution is 2.24. The Kier molecular flexibility index (Phi) is 5.79. The van der Waals surface area contributed by atoms with E-state index in [1.54, 1.807) is 24.3 Å². The molecule has 138 valence electrons. The average molecular weight is 371 g/mol. The van der Waals surface area contributed by atoms with Gasteiger partial charge in [0.05, 0.1) is 4.90 Å². The third kappa shape index (κ3) is 4.00. The van der Waals surface area contributed by atoms with Crippen LogP contribution in [0.15, 0.2) is 65.7 Å². The van der Waals surface area contributed by atoms with Crippen molar-refractivity contribution in [3.63, 3.8) is 0 Å². The zero-order valence-corrected chi connectivity index (χ0v) is 16.2. The summed E-state index contributed by atoms with van der Waals surface area (Å²) in [5.74, 6) is -0.0389. The number of sulfone groups is 1. The topological polar surface area (TPSA) is 42.3 Å². The van der Waals surface area contributed by atoms with Crippen molar-refractivity contribution in [2.45, 2.75) is 31.0 Å². The predicted octanol–water partition coefficient (Wildman–Crippen LogP) is 3.96. The van der Waals surface area contributed by atoms with Gasteiger partial charge in [-0.2, -0.15) is 0 Å². The first-order valence-electron chi connectivity index (χ1n) is 9.12. The van der Waals surface area contributed by atoms with Crippen LogP contribution < -0.4 is 0 Å². The van der Waals surface area contributed by atoms with Gasteiger partial charge in [-0.1, -0.05) is 50.2 Å². The minimum absolute atomic E-state index is 0.0389. The smallest absolute Gasteiger partial charge is 0.196 e. The third-order valence-corrected chi connectivity index (χ3v) is 6.48. The molecule has 1 heterocycles. The molecule has 0 unspecified atom stereocenters. The Morgan fingerprint density at radius 1 is 0.923 bits per heavy atom. The van der Waals surface area contributed by atoms with Crippen LogP contribution in [0, 0.1) is 0 Å². The Bertz CT molecular complexity index is 958. The second kappa shape index (κ2) is 8.06. The van der Waals surface area contributed by atoms with E-state index in [0.29, 0.717) is 4.90 Å². The Balaban J connectivity index is 1.92. The molecule has 0 spiro atoms. The first kappa shape index (κ1) is 18.7. The molecule has 0 radical (unpaired) electrons. The van der Waals surface area contributed by atoms with E-state index in [-0.39, 0.29) is 5.88 Å². The Labute approximate surface area is 156 Å². The summed E-state index contributed by atoms with van der Waals surface area (Å²) in [6, 6.07) is 16.7. The van der Waals surface area contributed by atoms with Crippen molar-refractivity contribution in [3.8, 4) is 0 Å². The van der Waals surface area contributed by atoms with E-state index in [2.05, 4.69) is 24.8 Å². The number of fused-ring (bicyclic) bond motifs is 1. The van der Waals surface area contributed by atoms with Crippen LogP contribution in [-0.2, 0) is 22.1 Å². The quantitative estimate of drug-likeness (QED) is 0.603. The third-order valence-electron chi connectivity index (χ3n) is 4.87. The van der Waals surface area contributed by atoms with E-state index < -0.39 is 9.84 Å². The number of rotatable bonds is 8. The van der Waals surface area contributed by atoms with Gasteiger partial charge in [0.1, 0.15) is 5.88 Å². The van der Waals surface area contributed by atoms with Gasteiger partial charge < -0.3 is 9.47 Å². The summed E-state index contributed by atoms with van der Waals surface area (Å²) in [7, 11) is -3.38. The number of aromatic nitrogens is 1. The molecule has 0 aliphatic rings. The lowest BCUT2D eigenvalue weighted by atomic mass is 10.1. The van der Waals surface area contributed by atoms with Crippen molar-refractivity contribution >= 4 is 20.7 Å². The van der Waals surface area contributed by atoms with E-state index >= 15 is 0 Å². The van der Waals surface area contributed by atoms with Crippen LogP contribution in [0.2, 0.25) is 0 Å². The van der Waals surface area contributed by atoms with Crippen molar-refractivity contribution in [1.82, 2.24) is 9.47 Å². The lowest BCUT2D eigenvalue weighted by molar-refractivity contribution is 0.308. The van der Waals surface area contributed by atoms with Gasteiger partial charge >= 0.3 is 0 Å². The molecular weight excluding hydrogens is 344 g/mol. The van der Waals surface area contributed by atoms with Crippen LogP contribution >= 0.6 is 0 Å². The largest absolute Gasteiger partial charge is 0.332 e. The molecule has 0 N–H and O–H groups in total. The van der Waals surface area contributed by atoms with Crippen molar-refractivity contribution in [2.24, 2.45) is 0 Å². The second-order valence-electron chi connectivity index (χ2n) is 6.48. The molecular formula is C21H26N2O2S. The lowest BCUT2D eigenvalue weighted by Gasteiger charge is -2.17. The molecule has 4 nitrogen and oxygen atoms in total. The van der Waals surface area contributed by atoms with Gasteiger partial charge in [-0.05, 0) is 43.3 Å². The zero-order valence-electron chi connectivity index (χ0n) is 15.4. The Morgan fingerprint density at radius 3 is 2.27 bits per heavy atom. The summed E-state index contributed by atoms with van der Waals surface area (Å²) in [4.78, 5) is 2.75. The van der Waals surface area contributed by atoms with Crippen LogP contribution in [0.25, 0.3) is 10.9 Å². The standard InChI is InChI=1S/C21H26N2O2S/c1-3-22(4-2)15-14-18-16-23(21-13-9-8-12-20(18)21)17-26(24,25)19-10-6-5-7-11-19/h5-13,16H,3-4,14-15,17H2,1-2H3. The summed E-state index contributed by atoms with van der Waals surface area (Å²) in [6.07, 6.45) is 2.93. The summed E-state index contributed by atoms with van der Waals surface area (Å²) in [6.45, 7) is 7.36. The van der Waals surface area contributed by atoms with Gasteiger partial charge in [0.25, 0.3) is 0 Å². The minimum atomic E-state index is -3.38. The van der Waals surface area contributed by atoms with Crippen LogP contribution in [0.1, 0.15) is 19.4 Å². The monoisotopic (exact) mass is 370 g/mol. The van der Waals surface area contributed by atoms with Crippen LogP contribution in [0.3, 0.4) is 0 Å². The van der Waals surface area contributed by atoms with Crippen LogP contribution in [0.5, 0.6) is 0 Å². The number of para-hydroxylation sites is 1. The number of nitrogens with zero attached hydrogens (tertiary/aromatic N) is 2. The van der Waals surface area contributed by atoms with E-state index in [9.17, 15) is 8.42 Å². The molecule has 0 saturated carbocycles. The summed E-state index contributed by atoms with van der Waals surface area (Å²) >= 11 is 0. The SMILES string of the molecule is CCN(CC)CCc1cn(CS(=O)(=O)c2ccccc2)c2ccccc12. The molecule has 2 aromatic carbocycles. The van der Waals surface area contributed by atoms with Crippen molar-refractivity contribution in [1.29, 1.82) is 0 Å². The maximum atomic E-state index is 12.8. The molecule has 1 aromatic heterocycles. The molecule has 0 atom stereocenters. The second-order valence-corrected chi connectivity index (χ2v) is 8.43. The van der Waals surface area contributed by atoms with Crippen molar-refractivity contribution in [2.75, 3.05) is 19.6 Å². The maximum absolute atomic E-state index is 12.8. The van der Waals surface area contributed by atoms with Crippen molar-refractivity contribution in [3.05, 3.63) is 66.4 Å². The van der Waals surface area contributed by atoms with Gasteiger partial charge in [-0.3, -0.25) is 0 Å². The fourth-order valence-electron chi connectivity index (χ4n) is 3.33. The number of hydrogen-bond acceptors (Lipinski definition) is 3. The lowest BCUT2D eigenvalue weighted by Crippen LogP contribution is -2.25. The molecule has 3 aromatic rings. The van der Waals surface area contributed by atoms with E-state index in [0.717, 1.165) is 37.0 Å². The Hall–Kier alpha value is -2.11.